The number of amides is 1. The molecule has 1 aliphatic rings. The van der Waals surface area contributed by atoms with E-state index in [2.05, 4.69) is 10.2 Å². The Morgan fingerprint density at radius 1 is 1.08 bits per heavy atom. The SMILES string of the molecule is Cc1ccc(NC(=O)/C(=C/N2CCOCC2)Sc2ccccc2)cc1. The summed E-state index contributed by atoms with van der Waals surface area (Å²) in [5.41, 5.74) is 1.97. The minimum Gasteiger partial charge on any atom is -0.378 e. The Kier molecular flexibility index (Phi) is 6.14. The van der Waals surface area contributed by atoms with Gasteiger partial charge in [-0.25, -0.2) is 0 Å². The molecule has 1 N–H and O–H groups in total. The normalized spacial score (nSPS) is 15.1. The van der Waals surface area contributed by atoms with Gasteiger partial charge in [0.15, 0.2) is 0 Å². The molecule has 0 radical (unpaired) electrons. The highest BCUT2D eigenvalue weighted by molar-refractivity contribution is 8.04. The maximum absolute atomic E-state index is 12.8. The zero-order valence-corrected chi connectivity index (χ0v) is 15.1. The molecule has 1 aliphatic heterocycles. The highest BCUT2D eigenvalue weighted by Gasteiger charge is 2.15. The lowest BCUT2D eigenvalue weighted by Gasteiger charge is -2.26. The summed E-state index contributed by atoms with van der Waals surface area (Å²) >= 11 is 1.48. The molecule has 1 heterocycles. The molecule has 1 saturated heterocycles. The second kappa shape index (κ2) is 8.74. The molecule has 4 nitrogen and oxygen atoms in total. The van der Waals surface area contributed by atoms with E-state index in [0.717, 1.165) is 23.7 Å². The predicted octanol–water partition coefficient (Wildman–Crippen LogP) is 3.90. The van der Waals surface area contributed by atoms with Crippen LogP contribution in [-0.2, 0) is 9.53 Å². The van der Waals surface area contributed by atoms with Crippen molar-refractivity contribution in [1.82, 2.24) is 4.90 Å². The molecule has 3 rings (SSSR count). The third-order valence-corrected chi connectivity index (χ3v) is 4.87. The van der Waals surface area contributed by atoms with Crippen LogP contribution in [-0.4, -0.2) is 37.1 Å². The Balaban J connectivity index is 1.77. The summed E-state index contributed by atoms with van der Waals surface area (Å²) in [6, 6.07) is 17.8. The van der Waals surface area contributed by atoms with E-state index in [1.165, 1.54) is 17.3 Å². The van der Waals surface area contributed by atoms with Crippen LogP contribution in [0.3, 0.4) is 0 Å². The number of thioether (sulfide) groups is 1. The molecule has 0 aromatic heterocycles. The Bertz CT molecular complexity index is 723. The highest BCUT2D eigenvalue weighted by atomic mass is 32.2. The molecule has 25 heavy (non-hydrogen) atoms. The molecule has 2 aromatic rings. The van der Waals surface area contributed by atoms with E-state index >= 15 is 0 Å². The fourth-order valence-electron chi connectivity index (χ4n) is 2.45. The number of nitrogens with one attached hydrogen (secondary N) is 1. The Morgan fingerprint density at radius 3 is 2.44 bits per heavy atom. The summed E-state index contributed by atoms with van der Waals surface area (Å²) in [6.07, 6.45) is 1.95. The molecule has 0 aliphatic carbocycles. The van der Waals surface area contributed by atoms with E-state index in [-0.39, 0.29) is 5.91 Å². The number of ether oxygens (including phenoxy) is 1. The van der Waals surface area contributed by atoms with Gasteiger partial charge in [0.2, 0.25) is 0 Å². The van der Waals surface area contributed by atoms with Crippen LogP contribution < -0.4 is 5.32 Å². The van der Waals surface area contributed by atoms with Gasteiger partial charge in [0, 0.05) is 29.9 Å². The van der Waals surface area contributed by atoms with E-state index in [1.807, 2.05) is 67.7 Å². The van der Waals surface area contributed by atoms with Gasteiger partial charge in [-0.15, -0.1) is 0 Å². The van der Waals surface area contributed by atoms with Gasteiger partial charge in [0.1, 0.15) is 0 Å². The van der Waals surface area contributed by atoms with Crippen LogP contribution in [0.15, 0.2) is 70.6 Å². The van der Waals surface area contributed by atoms with Crippen LogP contribution in [0.25, 0.3) is 0 Å². The number of aryl methyl sites for hydroxylation is 1. The maximum Gasteiger partial charge on any atom is 0.263 e. The van der Waals surface area contributed by atoms with E-state index < -0.39 is 0 Å². The fourth-order valence-corrected chi connectivity index (χ4v) is 3.34. The Hall–Kier alpha value is -2.24. The molecule has 1 fully saturated rings. The van der Waals surface area contributed by atoms with Gasteiger partial charge in [-0.2, -0.15) is 0 Å². The summed E-state index contributed by atoms with van der Waals surface area (Å²) in [6.45, 7) is 5.02. The van der Waals surface area contributed by atoms with Crippen molar-refractivity contribution in [3.63, 3.8) is 0 Å². The van der Waals surface area contributed by atoms with Crippen molar-refractivity contribution < 1.29 is 9.53 Å². The van der Waals surface area contributed by atoms with Crippen molar-refractivity contribution in [3.8, 4) is 0 Å². The van der Waals surface area contributed by atoms with Crippen LogP contribution in [0.5, 0.6) is 0 Å². The number of hydrogen-bond donors (Lipinski definition) is 1. The zero-order valence-electron chi connectivity index (χ0n) is 14.3. The van der Waals surface area contributed by atoms with Crippen molar-refractivity contribution in [2.45, 2.75) is 11.8 Å². The third-order valence-electron chi connectivity index (χ3n) is 3.85. The first-order valence-corrected chi connectivity index (χ1v) is 9.17. The summed E-state index contributed by atoms with van der Waals surface area (Å²) < 4.78 is 5.39. The molecule has 0 bridgehead atoms. The quantitative estimate of drug-likeness (QED) is 0.653. The second-order valence-corrected chi connectivity index (χ2v) is 6.99. The van der Waals surface area contributed by atoms with Gasteiger partial charge in [-0.1, -0.05) is 47.7 Å². The number of nitrogens with zero attached hydrogens (tertiary/aromatic N) is 1. The highest BCUT2D eigenvalue weighted by Crippen LogP contribution is 2.28. The average molecular weight is 354 g/mol. The summed E-state index contributed by atoms with van der Waals surface area (Å²) in [5, 5.41) is 2.99. The van der Waals surface area contributed by atoms with Crippen molar-refractivity contribution in [2.24, 2.45) is 0 Å². The van der Waals surface area contributed by atoms with Crippen molar-refractivity contribution in [3.05, 3.63) is 71.3 Å². The Morgan fingerprint density at radius 2 is 1.76 bits per heavy atom. The third kappa shape index (κ3) is 5.37. The van der Waals surface area contributed by atoms with Gasteiger partial charge in [-0.3, -0.25) is 4.79 Å². The number of hydrogen-bond acceptors (Lipinski definition) is 4. The number of morpholine rings is 1. The molecule has 130 valence electrons. The van der Waals surface area contributed by atoms with Gasteiger partial charge in [0.05, 0.1) is 18.1 Å². The standard InChI is InChI=1S/C20H22N2O2S/c1-16-7-9-17(10-8-16)21-20(23)19(15-22-11-13-24-14-12-22)25-18-5-3-2-4-6-18/h2-10,15H,11-14H2,1H3,(H,21,23)/b19-15-. The molecule has 5 heteroatoms. The Labute approximate surface area is 152 Å². The van der Waals surface area contributed by atoms with Crippen LogP contribution in [0, 0.1) is 6.92 Å². The van der Waals surface area contributed by atoms with E-state index in [1.54, 1.807) is 0 Å². The minimum absolute atomic E-state index is 0.0933. The molecule has 0 unspecified atom stereocenters. The summed E-state index contributed by atoms with van der Waals surface area (Å²) in [5.74, 6) is -0.0933. The van der Waals surface area contributed by atoms with Crippen LogP contribution in [0.4, 0.5) is 5.69 Å². The molecule has 1 amide bonds. The molecular weight excluding hydrogens is 332 g/mol. The molecule has 0 atom stereocenters. The van der Waals surface area contributed by atoms with Crippen LogP contribution in [0.2, 0.25) is 0 Å². The fraction of sp³-hybridized carbons (Fsp3) is 0.250. The van der Waals surface area contributed by atoms with Crippen LogP contribution in [0.1, 0.15) is 5.56 Å². The molecule has 2 aromatic carbocycles. The van der Waals surface area contributed by atoms with E-state index in [9.17, 15) is 4.79 Å². The van der Waals surface area contributed by atoms with E-state index in [4.69, 9.17) is 4.74 Å². The first-order chi connectivity index (χ1) is 12.2. The predicted molar refractivity (Wildman–Crippen MR) is 103 cm³/mol. The second-order valence-electron chi connectivity index (χ2n) is 5.88. The van der Waals surface area contributed by atoms with Gasteiger partial charge >= 0.3 is 0 Å². The maximum atomic E-state index is 12.8. The van der Waals surface area contributed by atoms with Crippen LogP contribution >= 0.6 is 11.8 Å². The van der Waals surface area contributed by atoms with Gasteiger partial charge in [0.25, 0.3) is 5.91 Å². The van der Waals surface area contributed by atoms with Gasteiger partial charge in [-0.05, 0) is 31.2 Å². The number of carbonyl (C=O) groups is 1. The number of anilines is 1. The van der Waals surface area contributed by atoms with E-state index in [0.29, 0.717) is 18.1 Å². The minimum atomic E-state index is -0.0933. The largest absolute Gasteiger partial charge is 0.378 e. The number of benzene rings is 2. The first kappa shape index (κ1) is 17.6. The molecule has 0 spiro atoms. The lowest BCUT2D eigenvalue weighted by molar-refractivity contribution is -0.112. The van der Waals surface area contributed by atoms with Crippen molar-refractivity contribution >= 4 is 23.4 Å². The monoisotopic (exact) mass is 354 g/mol. The molecular formula is C20H22N2O2S. The van der Waals surface area contributed by atoms with Crippen molar-refractivity contribution in [2.75, 3.05) is 31.6 Å². The summed E-state index contributed by atoms with van der Waals surface area (Å²) in [4.78, 5) is 16.7. The summed E-state index contributed by atoms with van der Waals surface area (Å²) in [7, 11) is 0. The average Bonchev–Trinajstić information content (AvgIpc) is 2.65. The zero-order chi connectivity index (χ0) is 17.5. The first-order valence-electron chi connectivity index (χ1n) is 8.35. The smallest absolute Gasteiger partial charge is 0.263 e. The topological polar surface area (TPSA) is 41.6 Å². The lowest BCUT2D eigenvalue weighted by Crippen LogP contribution is -2.33. The lowest BCUT2D eigenvalue weighted by atomic mass is 10.2. The number of carbonyl (C=O) groups excluding carboxylic acids is 1. The van der Waals surface area contributed by atoms with Gasteiger partial charge < -0.3 is 15.0 Å². The number of rotatable bonds is 5. The molecule has 0 saturated carbocycles. The van der Waals surface area contributed by atoms with Crippen molar-refractivity contribution in [1.29, 1.82) is 0 Å².